The number of aliphatic hydroxyl groups excluding tert-OH is 2. The molecule has 0 aromatic heterocycles. The second-order valence-electron chi connectivity index (χ2n) is 6.62. The van der Waals surface area contributed by atoms with Gasteiger partial charge in [0.1, 0.15) is 7.14 Å². The second-order valence-corrected chi connectivity index (χ2v) is 9.63. The maximum atomic E-state index is 14.6. The van der Waals surface area contributed by atoms with Crippen molar-refractivity contribution in [1.29, 1.82) is 0 Å². The summed E-state index contributed by atoms with van der Waals surface area (Å²) < 4.78 is 14.6. The predicted molar refractivity (Wildman–Crippen MR) is 111 cm³/mol. The fourth-order valence-corrected chi connectivity index (χ4v) is 6.95. The van der Waals surface area contributed by atoms with Crippen molar-refractivity contribution in [3.8, 4) is 0 Å². The Kier molecular flexibility index (Phi) is 6.63. The Balaban J connectivity index is 2.15. The quantitative estimate of drug-likeness (QED) is 0.583. The lowest BCUT2D eigenvalue weighted by molar-refractivity contribution is 0.162. The maximum Gasteiger partial charge on any atom is 0.149 e. The van der Waals surface area contributed by atoms with Gasteiger partial charge in [0.15, 0.2) is 0 Å². The Morgan fingerprint density at radius 1 is 0.741 bits per heavy atom. The normalized spacial score (nSPS) is 13.9. The number of aliphatic hydroxyl groups is 2. The second kappa shape index (κ2) is 9.14. The average molecular weight is 380 g/mol. The van der Waals surface area contributed by atoms with Crippen LogP contribution in [0.25, 0.3) is 0 Å². The van der Waals surface area contributed by atoms with E-state index in [1.807, 2.05) is 91.0 Å². The molecule has 0 heterocycles. The summed E-state index contributed by atoms with van der Waals surface area (Å²) >= 11 is 0. The highest BCUT2D eigenvalue weighted by Crippen LogP contribution is 2.54. The summed E-state index contributed by atoms with van der Waals surface area (Å²) in [6, 6.07) is 28.2. The molecule has 0 radical (unpaired) electrons. The fourth-order valence-electron chi connectivity index (χ4n) is 3.54. The maximum absolute atomic E-state index is 14.6. The van der Waals surface area contributed by atoms with Gasteiger partial charge in [0.05, 0.1) is 11.8 Å². The number of benzene rings is 3. The zero-order valence-electron chi connectivity index (χ0n) is 15.2. The Morgan fingerprint density at radius 3 is 1.63 bits per heavy atom. The zero-order chi connectivity index (χ0) is 19.1. The van der Waals surface area contributed by atoms with Crippen molar-refractivity contribution in [2.24, 2.45) is 0 Å². The third kappa shape index (κ3) is 4.22. The SMILES string of the molecule is O=P(c1ccccc1)(c1ccccc1)[C@@H](CCCO)[C@@H](O)c1ccccc1. The van der Waals surface area contributed by atoms with Gasteiger partial charge in [0, 0.05) is 17.2 Å². The van der Waals surface area contributed by atoms with Crippen LogP contribution in [0, 0.1) is 0 Å². The van der Waals surface area contributed by atoms with Crippen LogP contribution in [-0.4, -0.2) is 22.5 Å². The Bertz CT molecular complexity index is 822. The highest BCUT2D eigenvalue weighted by molar-refractivity contribution is 7.79. The van der Waals surface area contributed by atoms with Crippen LogP contribution in [0.5, 0.6) is 0 Å². The van der Waals surface area contributed by atoms with E-state index in [9.17, 15) is 14.8 Å². The molecule has 0 saturated heterocycles. The molecule has 2 N–H and O–H groups in total. The van der Waals surface area contributed by atoms with Crippen molar-refractivity contribution in [3.05, 3.63) is 96.6 Å². The van der Waals surface area contributed by atoms with Crippen molar-refractivity contribution in [2.75, 3.05) is 6.61 Å². The van der Waals surface area contributed by atoms with Crippen LogP contribution in [-0.2, 0) is 4.57 Å². The molecule has 0 fully saturated rings. The molecule has 4 heteroatoms. The molecule has 0 amide bonds. The number of hydrogen-bond acceptors (Lipinski definition) is 3. The molecule has 0 aliphatic carbocycles. The number of rotatable bonds is 8. The van der Waals surface area contributed by atoms with Gasteiger partial charge in [-0.15, -0.1) is 0 Å². The summed E-state index contributed by atoms with van der Waals surface area (Å²) in [5, 5.41) is 22.1. The minimum atomic E-state index is -3.15. The van der Waals surface area contributed by atoms with Crippen molar-refractivity contribution in [2.45, 2.75) is 24.6 Å². The van der Waals surface area contributed by atoms with E-state index >= 15 is 0 Å². The van der Waals surface area contributed by atoms with E-state index in [2.05, 4.69) is 0 Å². The van der Waals surface area contributed by atoms with Gasteiger partial charge in [-0.3, -0.25) is 0 Å². The summed E-state index contributed by atoms with van der Waals surface area (Å²) in [5.41, 5.74) is 0.226. The third-order valence-corrected chi connectivity index (χ3v) is 8.52. The van der Waals surface area contributed by atoms with E-state index in [1.165, 1.54) is 0 Å². The summed E-state index contributed by atoms with van der Waals surface area (Å²) in [7, 11) is -3.15. The van der Waals surface area contributed by atoms with Crippen LogP contribution in [0.3, 0.4) is 0 Å². The molecule has 3 aromatic rings. The fraction of sp³-hybridized carbons (Fsp3) is 0.217. The van der Waals surface area contributed by atoms with Gasteiger partial charge in [-0.05, 0) is 18.4 Å². The van der Waals surface area contributed by atoms with Crippen LogP contribution in [0.4, 0.5) is 0 Å². The molecule has 0 saturated carbocycles. The Morgan fingerprint density at radius 2 is 1.19 bits per heavy atom. The van der Waals surface area contributed by atoms with Gasteiger partial charge < -0.3 is 14.8 Å². The molecular weight excluding hydrogens is 355 g/mol. The third-order valence-electron chi connectivity index (χ3n) is 4.91. The lowest BCUT2D eigenvalue weighted by atomic mass is 10.0. The van der Waals surface area contributed by atoms with E-state index < -0.39 is 18.9 Å². The van der Waals surface area contributed by atoms with Crippen LogP contribution in [0.1, 0.15) is 24.5 Å². The molecule has 140 valence electrons. The summed E-state index contributed by atoms with van der Waals surface area (Å²) in [4.78, 5) is 0. The van der Waals surface area contributed by atoms with E-state index in [1.54, 1.807) is 0 Å². The van der Waals surface area contributed by atoms with Crippen LogP contribution < -0.4 is 10.6 Å². The van der Waals surface area contributed by atoms with Crippen LogP contribution in [0.2, 0.25) is 0 Å². The van der Waals surface area contributed by atoms with E-state index in [0.717, 1.165) is 16.2 Å². The zero-order valence-corrected chi connectivity index (χ0v) is 16.1. The molecule has 0 aliphatic heterocycles. The molecule has 2 atom stereocenters. The Labute approximate surface area is 160 Å². The van der Waals surface area contributed by atoms with Crippen molar-refractivity contribution in [3.63, 3.8) is 0 Å². The van der Waals surface area contributed by atoms with Crippen LogP contribution >= 0.6 is 7.14 Å². The topological polar surface area (TPSA) is 57.5 Å². The van der Waals surface area contributed by atoms with Crippen molar-refractivity contribution in [1.82, 2.24) is 0 Å². The lowest BCUT2D eigenvalue weighted by Crippen LogP contribution is -2.31. The largest absolute Gasteiger partial charge is 0.396 e. The van der Waals surface area contributed by atoms with Gasteiger partial charge in [-0.25, -0.2) is 0 Å². The first-order chi connectivity index (χ1) is 13.2. The molecule has 0 unspecified atom stereocenters. The lowest BCUT2D eigenvalue weighted by Gasteiger charge is -2.32. The van der Waals surface area contributed by atoms with Crippen molar-refractivity contribution < 1.29 is 14.8 Å². The van der Waals surface area contributed by atoms with Crippen LogP contribution in [0.15, 0.2) is 91.0 Å². The van der Waals surface area contributed by atoms with Crippen molar-refractivity contribution >= 4 is 17.8 Å². The van der Waals surface area contributed by atoms with Gasteiger partial charge in [-0.2, -0.15) is 0 Å². The Hall–Kier alpha value is -2.19. The average Bonchev–Trinajstić information content (AvgIpc) is 2.75. The first-order valence-electron chi connectivity index (χ1n) is 9.22. The van der Waals surface area contributed by atoms with Gasteiger partial charge in [-0.1, -0.05) is 91.0 Å². The van der Waals surface area contributed by atoms with Gasteiger partial charge in [0.2, 0.25) is 0 Å². The molecule has 3 aromatic carbocycles. The molecule has 0 bridgehead atoms. The van der Waals surface area contributed by atoms with E-state index in [4.69, 9.17) is 0 Å². The minimum absolute atomic E-state index is 0.00158. The monoisotopic (exact) mass is 380 g/mol. The highest BCUT2D eigenvalue weighted by Gasteiger charge is 2.40. The molecule has 3 rings (SSSR count). The molecule has 3 nitrogen and oxygen atoms in total. The van der Waals surface area contributed by atoms with Gasteiger partial charge >= 0.3 is 0 Å². The molecule has 0 spiro atoms. The van der Waals surface area contributed by atoms with E-state index in [-0.39, 0.29) is 6.61 Å². The first kappa shape index (κ1) is 19.6. The predicted octanol–water partition coefficient (Wildman–Crippen LogP) is 3.88. The summed E-state index contributed by atoms with van der Waals surface area (Å²) in [5.74, 6) is 0. The minimum Gasteiger partial charge on any atom is -0.396 e. The summed E-state index contributed by atoms with van der Waals surface area (Å²) in [6.07, 6.45) is 0.0651. The standard InChI is InChI=1S/C23H25O3P/c24-18-10-17-22(23(25)19-11-4-1-5-12-19)27(26,20-13-6-2-7-14-20)21-15-8-3-9-16-21/h1-9,11-16,22-25H,10,17-18H2/t22-,23-/m0/s1. The smallest absolute Gasteiger partial charge is 0.149 e. The molecule has 0 aliphatic rings. The number of hydrogen-bond donors (Lipinski definition) is 2. The first-order valence-corrected chi connectivity index (χ1v) is 11.0. The molecular formula is C23H25O3P. The molecule has 27 heavy (non-hydrogen) atoms. The van der Waals surface area contributed by atoms with Gasteiger partial charge in [0.25, 0.3) is 0 Å². The van der Waals surface area contributed by atoms with E-state index in [0.29, 0.717) is 12.8 Å². The highest BCUT2D eigenvalue weighted by atomic mass is 31.2. The summed E-state index contributed by atoms with van der Waals surface area (Å²) in [6.45, 7) is 0.00158.